The van der Waals surface area contributed by atoms with Gasteiger partial charge in [-0.25, -0.2) is 0 Å². The van der Waals surface area contributed by atoms with Crippen molar-refractivity contribution in [1.29, 1.82) is 0 Å². The van der Waals surface area contributed by atoms with Gasteiger partial charge in [0.1, 0.15) is 0 Å². The van der Waals surface area contributed by atoms with E-state index in [1.807, 2.05) is 12.1 Å². The fourth-order valence-corrected chi connectivity index (χ4v) is 3.89. The molecule has 3 rings (SSSR count). The van der Waals surface area contributed by atoms with Crippen molar-refractivity contribution in [3.8, 4) is 11.5 Å². The van der Waals surface area contributed by atoms with E-state index in [-0.39, 0.29) is 18.8 Å². The first-order valence-corrected chi connectivity index (χ1v) is 9.84. The van der Waals surface area contributed by atoms with Gasteiger partial charge in [-0.3, -0.25) is 0 Å². The molecule has 152 valence electrons. The second kappa shape index (κ2) is 9.41. The first kappa shape index (κ1) is 20.6. The SMILES string of the molecule is CCc1ccc(C2CC(O)CC(CO)O2)cc1Cc1ccc(OC)c(OC)c1. The minimum atomic E-state index is -0.448. The highest BCUT2D eigenvalue weighted by atomic mass is 16.5. The Morgan fingerprint density at radius 3 is 2.46 bits per heavy atom. The minimum absolute atomic E-state index is 0.0703. The number of hydrogen-bond acceptors (Lipinski definition) is 5. The lowest BCUT2D eigenvalue weighted by atomic mass is 9.91. The van der Waals surface area contributed by atoms with E-state index in [0.717, 1.165) is 35.5 Å². The van der Waals surface area contributed by atoms with Crippen molar-refractivity contribution in [2.75, 3.05) is 20.8 Å². The Labute approximate surface area is 166 Å². The maximum absolute atomic E-state index is 10.1. The van der Waals surface area contributed by atoms with Crippen LogP contribution >= 0.6 is 0 Å². The van der Waals surface area contributed by atoms with Crippen LogP contribution in [0.3, 0.4) is 0 Å². The average Bonchev–Trinajstić information content (AvgIpc) is 2.73. The fraction of sp³-hybridized carbons (Fsp3) is 0.478. The van der Waals surface area contributed by atoms with Crippen molar-refractivity contribution >= 4 is 0 Å². The molecule has 5 heteroatoms. The zero-order valence-electron chi connectivity index (χ0n) is 16.9. The van der Waals surface area contributed by atoms with Gasteiger partial charge in [0.15, 0.2) is 11.5 Å². The van der Waals surface area contributed by atoms with Gasteiger partial charge in [-0.1, -0.05) is 31.2 Å². The Hall–Kier alpha value is -2.08. The second-order valence-electron chi connectivity index (χ2n) is 7.30. The lowest BCUT2D eigenvalue weighted by molar-refractivity contribution is -0.113. The van der Waals surface area contributed by atoms with Gasteiger partial charge in [-0.05, 0) is 47.2 Å². The Kier molecular flexibility index (Phi) is 6.94. The lowest BCUT2D eigenvalue weighted by Gasteiger charge is -2.33. The van der Waals surface area contributed by atoms with Crippen LogP contribution in [0.5, 0.6) is 11.5 Å². The highest BCUT2D eigenvalue weighted by Crippen LogP contribution is 2.34. The van der Waals surface area contributed by atoms with E-state index in [9.17, 15) is 10.2 Å². The summed E-state index contributed by atoms with van der Waals surface area (Å²) in [5, 5.41) is 19.6. The highest BCUT2D eigenvalue weighted by Gasteiger charge is 2.29. The predicted octanol–water partition coefficient (Wildman–Crippen LogP) is 3.43. The van der Waals surface area contributed by atoms with Crippen molar-refractivity contribution in [2.45, 2.75) is 50.9 Å². The van der Waals surface area contributed by atoms with E-state index >= 15 is 0 Å². The van der Waals surface area contributed by atoms with Crippen molar-refractivity contribution in [1.82, 2.24) is 0 Å². The Balaban J connectivity index is 1.87. The highest BCUT2D eigenvalue weighted by molar-refractivity contribution is 5.45. The summed E-state index contributed by atoms with van der Waals surface area (Å²) < 4.78 is 16.8. The maximum atomic E-state index is 10.1. The van der Waals surface area contributed by atoms with Gasteiger partial charge in [0.2, 0.25) is 0 Å². The molecule has 2 aromatic rings. The average molecular weight is 386 g/mol. The molecular weight excluding hydrogens is 356 g/mol. The normalized spacial score (nSPS) is 22.1. The third kappa shape index (κ3) is 4.66. The molecule has 0 spiro atoms. The molecule has 0 amide bonds. The summed E-state index contributed by atoms with van der Waals surface area (Å²) >= 11 is 0. The maximum Gasteiger partial charge on any atom is 0.160 e. The van der Waals surface area contributed by atoms with Gasteiger partial charge >= 0.3 is 0 Å². The van der Waals surface area contributed by atoms with E-state index in [1.165, 1.54) is 11.1 Å². The molecule has 0 bridgehead atoms. The predicted molar refractivity (Wildman–Crippen MR) is 108 cm³/mol. The third-order valence-electron chi connectivity index (χ3n) is 5.41. The first-order chi connectivity index (χ1) is 13.6. The van der Waals surface area contributed by atoms with Gasteiger partial charge in [0.05, 0.1) is 39.1 Å². The van der Waals surface area contributed by atoms with Crippen molar-refractivity contribution in [2.24, 2.45) is 0 Å². The first-order valence-electron chi connectivity index (χ1n) is 9.84. The summed E-state index contributed by atoms with van der Waals surface area (Å²) in [6.07, 6.45) is 1.80. The number of aliphatic hydroxyl groups is 2. The van der Waals surface area contributed by atoms with E-state index in [1.54, 1.807) is 14.2 Å². The van der Waals surface area contributed by atoms with Crippen LogP contribution in [0.25, 0.3) is 0 Å². The number of hydrogen-bond donors (Lipinski definition) is 2. The molecule has 2 N–H and O–H groups in total. The molecule has 1 heterocycles. The summed E-state index contributed by atoms with van der Waals surface area (Å²) in [5.41, 5.74) is 4.71. The Bertz CT molecular complexity index is 789. The molecule has 1 fully saturated rings. The van der Waals surface area contributed by atoms with Crippen LogP contribution in [0.4, 0.5) is 0 Å². The van der Waals surface area contributed by atoms with Crippen LogP contribution in [0, 0.1) is 0 Å². The molecular formula is C23H30O5. The molecule has 0 radical (unpaired) electrons. The fourth-order valence-electron chi connectivity index (χ4n) is 3.89. The standard InChI is InChI=1S/C23H30O5/c1-4-16-6-7-17(22-13-19(25)12-20(14-24)28-22)11-18(16)9-15-5-8-21(26-2)23(10-15)27-3/h5-8,10-11,19-20,22,24-25H,4,9,12-14H2,1-3H3. The van der Waals surface area contributed by atoms with Crippen LogP contribution in [0.15, 0.2) is 36.4 Å². The number of ether oxygens (including phenoxy) is 3. The molecule has 2 aromatic carbocycles. The summed E-state index contributed by atoms with van der Waals surface area (Å²) in [4.78, 5) is 0. The van der Waals surface area contributed by atoms with Crippen LogP contribution in [-0.4, -0.2) is 43.2 Å². The summed E-state index contributed by atoms with van der Waals surface area (Å²) in [6, 6.07) is 12.4. The van der Waals surface area contributed by atoms with Crippen molar-refractivity contribution < 1.29 is 24.4 Å². The van der Waals surface area contributed by atoms with Gasteiger partial charge in [-0.15, -0.1) is 0 Å². The molecule has 0 aliphatic carbocycles. The van der Waals surface area contributed by atoms with Crippen molar-refractivity contribution in [3.05, 3.63) is 58.7 Å². The quantitative estimate of drug-likeness (QED) is 0.763. The molecule has 3 unspecified atom stereocenters. The largest absolute Gasteiger partial charge is 0.493 e. The molecule has 1 aliphatic rings. The van der Waals surface area contributed by atoms with E-state index in [2.05, 4.69) is 31.2 Å². The van der Waals surface area contributed by atoms with Crippen LogP contribution in [-0.2, 0) is 17.6 Å². The van der Waals surface area contributed by atoms with E-state index in [0.29, 0.717) is 12.8 Å². The van der Waals surface area contributed by atoms with E-state index in [4.69, 9.17) is 14.2 Å². The van der Waals surface area contributed by atoms with Crippen molar-refractivity contribution in [3.63, 3.8) is 0 Å². The Morgan fingerprint density at radius 1 is 1.00 bits per heavy atom. The number of aryl methyl sites for hydroxylation is 1. The molecule has 1 saturated heterocycles. The molecule has 0 saturated carbocycles. The number of benzene rings is 2. The van der Waals surface area contributed by atoms with Crippen LogP contribution in [0.1, 0.15) is 48.1 Å². The molecule has 3 atom stereocenters. The Morgan fingerprint density at radius 2 is 1.79 bits per heavy atom. The van der Waals surface area contributed by atoms with Gasteiger partial charge in [0, 0.05) is 12.8 Å². The van der Waals surface area contributed by atoms with Crippen LogP contribution in [0.2, 0.25) is 0 Å². The molecule has 28 heavy (non-hydrogen) atoms. The topological polar surface area (TPSA) is 68.2 Å². The zero-order chi connectivity index (χ0) is 20.1. The molecule has 0 aromatic heterocycles. The lowest BCUT2D eigenvalue weighted by Crippen LogP contribution is -2.33. The van der Waals surface area contributed by atoms with Gasteiger partial charge in [-0.2, -0.15) is 0 Å². The third-order valence-corrected chi connectivity index (χ3v) is 5.41. The van der Waals surface area contributed by atoms with Gasteiger partial charge < -0.3 is 24.4 Å². The molecule has 5 nitrogen and oxygen atoms in total. The zero-order valence-corrected chi connectivity index (χ0v) is 16.9. The smallest absolute Gasteiger partial charge is 0.160 e. The summed E-state index contributed by atoms with van der Waals surface area (Å²) in [7, 11) is 3.28. The second-order valence-corrected chi connectivity index (χ2v) is 7.30. The monoisotopic (exact) mass is 386 g/mol. The number of aliphatic hydroxyl groups excluding tert-OH is 2. The summed E-state index contributed by atoms with van der Waals surface area (Å²) in [5.74, 6) is 1.44. The van der Waals surface area contributed by atoms with Crippen LogP contribution < -0.4 is 9.47 Å². The number of methoxy groups -OCH3 is 2. The minimum Gasteiger partial charge on any atom is -0.493 e. The van der Waals surface area contributed by atoms with E-state index < -0.39 is 6.10 Å². The summed E-state index contributed by atoms with van der Waals surface area (Å²) in [6.45, 7) is 2.08. The molecule has 1 aliphatic heterocycles. The van der Waals surface area contributed by atoms with Gasteiger partial charge in [0.25, 0.3) is 0 Å². The number of rotatable bonds is 7.